The van der Waals surface area contributed by atoms with Crippen molar-refractivity contribution in [1.29, 1.82) is 0 Å². The summed E-state index contributed by atoms with van der Waals surface area (Å²) in [5.74, 6) is 0.570. The van der Waals surface area contributed by atoms with Gasteiger partial charge in [0, 0.05) is 27.2 Å². The number of hydrogen-bond acceptors (Lipinski definition) is 3. The molecule has 0 radical (unpaired) electrons. The average Bonchev–Trinajstić information content (AvgIpc) is 2.30. The van der Waals surface area contributed by atoms with Crippen LogP contribution < -0.4 is 16.0 Å². The highest BCUT2D eigenvalue weighted by Gasteiger charge is 2.01. The molecule has 1 amide bonds. The number of methoxy groups -OCH3 is 1. The van der Waals surface area contributed by atoms with E-state index in [4.69, 9.17) is 4.74 Å². The lowest BCUT2D eigenvalue weighted by atomic mass is 10.5. The van der Waals surface area contributed by atoms with Crippen molar-refractivity contribution >= 4 is 35.8 Å². The number of hydrogen-bond donors (Lipinski definition) is 3. The van der Waals surface area contributed by atoms with E-state index in [1.807, 2.05) is 0 Å². The summed E-state index contributed by atoms with van der Waals surface area (Å²) in [6.45, 7) is 4.17. The van der Waals surface area contributed by atoms with Gasteiger partial charge in [0.25, 0.3) is 0 Å². The molecule has 0 unspecified atom stereocenters. The Morgan fingerprint density at radius 1 is 1.24 bits per heavy atom. The lowest BCUT2D eigenvalue weighted by Gasteiger charge is -2.10. The number of carbonyl (C=O) groups excluding carboxylic acids is 1. The van der Waals surface area contributed by atoms with Crippen LogP contribution in [0.25, 0.3) is 0 Å². The molecule has 17 heavy (non-hydrogen) atoms. The lowest BCUT2D eigenvalue weighted by molar-refractivity contribution is -0.120. The first-order valence-electron chi connectivity index (χ1n) is 5.44. The van der Waals surface area contributed by atoms with E-state index < -0.39 is 0 Å². The van der Waals surface area contributed by atoms with Gasteiger partial charge in [0.05, 0.1) is 13.2 Å². The number of nitrogens with zero attached hydrogens (tertiary/aromatic N) is 1. The number of rotatable bonds is 7. The Balaban J connectivity index is 0. The van der Waals surface area contributed by atoms with Gasteiger partial charge in [-0.2, -0.15) is 0 Å². The van der Waals surface area contributed by atoms with Gasteiger partial charge in [-0.05, 0) is 6.42 Å². The van der Waals surface area contributed by atoms with Crippen LogP contribution in [0.2, 0.25) is 0 Å². The smallest absolute Gasteiger partial charge is 0.239 e. The summed E-state index contributed by atoms with van der Waals surface area (Å²) in [6.07, 6.45) is 1.01. The van der Waals surface area contributed by atoms with Crippen LogP contribution in [0.4, 0.5) is 0 Å². The molecule has 0 aromatic carbocycles. The Hall–Kier alpha value is -0.570. The molecule has 0 aliphatic carbocycles. The summed E-state index contributed by atoms with van der Waals surface area (Å²) in [4.78, 5) is 15.3. The molecule has 0 atom stereocenters. The van der Waals surface area contributed by atoms with Crippen molar-refractivity contribution in [3.05, 3.63) is 0 Å². The van der Waals surface area contributed by atoms with E-state index in [2.05, 4.69) is 27.9 Å². The molecule has 7 heteroatoms. The van der Waals surface area contributed by atoms with Crippen LogP contribution in [0, 0.1) is 0 Å². The highest BCUT2D eigenvalue weighted by Crippen LogP contribution is 1.73. The molecule has 3 N–H and O–H groups in total. The first kappa shape index (κ1) is 18.8. The molecule has 0 fully saturated rings. The fourth-order valence-electron chi connectivity index (χ4n) is 0.983. The van der Waals surface area contributed by atoms with Crippen LogP contribution >= 0.6 is 24.0 Å². The van der Waals surface area contributed by atoms with Gasteiger partial charge < -0.3 is 20.7 Å². The van der Waals surface area contributed by atoms with Crippen molar-refractivity contribution in [3.8, 4) is 0 Å². The van der Waals surface area contributed by atoms with Gasteiger partial charge in [-0.25, -0.2) is 0 Å². The molecular formula is C10H23IN4O2. The Bertz CT molecular complexity index is 224. The third kappa shape index (κ3) is 11.7. The molecule has 0 aromatic rings. The zero-order chi connectivity index (χ0) is 12.2. The minimum Gasteiger partial charge on any atom is -0.383 e. The van der Waals surface area contributed by atoms with Gasteiger partial charge in [-0.3, -0.25) is 9.79 Å². The number of guanidine groups is 1. The zero-order valence-electron chi connectivity index (χ0n) is 10.7. The summed E-state index contributed by atoms with van der Waals surface area (Å²) in [5.41, 5.74) is 0. The normalized spacial score (nSPS) is 10.4. The third-order valence-corrected chi connectivity index (χ3v) is 1.81. The molecule has 6 nitrogen and oxygen atoms in total. The monoisotopic (exact) mass is 358 g/mol. The predicted octanol–water partition coefficient (Wildman–Crippen LogP) is -0.0580. The van der Waals surface area contributed by atoms with Crippen LogP contribution in [0.5, 0.6) is 0 Å². The van der Waals surface area contributed by atoms with Crippen molar-refractivity contribution in [2.24, 2.45) is 4.99 Å². The van der Waals surface area contributed by atoms with E-state index >= 15 is 0 Å². The maximum absolute atomic E-state index is 11.3. The number of aliphatic imine (C=N–C) groups is 1. The third-order valence-electron chi connectivity index (χ3n) is 1.81. The fraction of sp³-hybridized carbons (Fsp3) is 0.800. The van der Waals surface area contributed by atoms with Crippen LogP contribution in [-0.2, 0) is 9.53 Å². The standard InChI is InChI=1S/C10H22N4O2.HI/c1-4-5-13-10(11-2)14-8-9(15)12-6-7-16-3;/h4-8H2,1-3H3,(H,12,15)(H2,11,13,14);1H. The first-order chi connectivity index (χ1) is 7.74. The quantitative estimate of drug-likeness (QED) is 0.258. The molecular weight excluding hydrogens is 335 g/mol. The number of nitrogens with one attached hydrogen (secondary N) is 3. The molecule has 102 valence electrons. The summed E-state index contributed by atoms with van der Waals surface area (Å²) in [6, 6.07) is 0. The molecule has 0 rings (SSSR count). The topological polar surface area (TPSA) is 74.8 Å². The van der Waals surface area contributed by atoms with E-state index in [1.165, 1.54) is 0 Å². The van der Waals surface area contributed by atoms with Crippen molar-refractivity contribution in [2.45, 2.75) is 13.3 Å². The van der Waals surface area contributed by atoms with Gasteiger partial charge >= 0.3 is 0 Å². The van der Waals surface area contributed by atoms with E-state index in [0.29, 0.717) is 19.1 Å². The van der Waals surface area contributed by atoms with E-state index in [-0.39, 0.29) is 36.4 Å². The van der Waals surface area contributed by atoms with Gasteiger partial charge in [-0.1, -0.05) is 6.92 Å². The first-order valence-corrected chi connectivity index (χ1v) is 5.44. The number of ether oxygens (including phenoxy) is 1. The maximum atomic E-state index is 11.3. The van der Waals surface area contributed by atoms with Crippen molar-refractivity contribution in [1.82, 2.24) is 16.0 Å². The van der Waals surface area contributed by atoms with E-state index in [9.17, 15) is 4.79 Å². The summed E-state index contributed by atoms with van der Waals surface area (Å²) in [7, 11) is 3.27. The highest BCUT2D eigenvalue weighted by atomic mass is 127. The Labute approximate surface area is 120 Å². The molecule has 0 bridgehead atoms. The van der Waals surface area contributed by atoms with Crippen molar-refractivity contribution in [3.63, 3.8) is 0 Å². The van der Waals surface area contributed by atoms with E-state index in [1.54, 1.807) is 14.2 Å². The summed E-state index contributed by atoms with van der Waals surface area (Å²) >= 11 is 0. The van der Waals surface area contributed by atoms with Gasteiger partial charge in [0.1, 0.15) is 0 Å². The maximum Gasteiger partial charge on any atom is 0.239 e. The fourth-order valence-corrected chi connectivity index (χ4v) is 0.983. The second kappa shape index (κ2) is 13.5. The molecule has 0 aliphatic rings. The minimum absolute atomic E-state index is 0. The number of halogens is 1. The largest absolute Gasteiger partial charge is 0.383 e. The van der Waals surface area contributed by atoms with Gasteiger partial charge in [0.2, 0.25) is 5.91 Å². The molecule has 0 saturated heterocycles. The Morgan fingerprint density at radius 2 is 1.94 bits per heavy atom. The minimum atomic E-state index is -0.0727. The van der Waals surface area contributed by atoms with Crippen molar-refractivity contribution in [2.75, 3.05) is 40.4 Å². The number of amides is 1. The van der Waals surface area contributed by atoms with Crippen molar-refractivity contribution < 1.29 is 9.53 Å². The average molecular weight is 358 g/mol. The second-order valence-electron chi connectivity index (χ2n) is 3.20. The van der Waals surface area contributed by atoms with Gasteiger partial charge in [0.15, 0.2) is 5.96 Å². The second-order valence-corrected chi connectivity index (χ2v) is 3.20. The lowest BCUT2D eigenvalue weighted by Crippen LogP contribution is -2.43. The van der Waals surface area contributed by atoms with Crippen LogP contribution in [0.15, 0.2) is 4.99 Å². The molecule has 0 spiro atoms. The van der Waals surface area contributed by atoms with Crippen LogP contribution in [-0.4, -0.2) is 52.3 Å². The SMILES string of the molecule is CCCNC(=NC)NCC(=O)NCCOC.I. The van der Waals surface area contributed by atoms with Gasteiger partial charge in [-0.15, -0.1) is 24.0 Å². The zero-order valence-corrected chi connectivity index (χ0v) is 13.0. The van der Waals surface area contributed by atoms with Crippen LogP contribution in [0.1, 0.15) is 13.3 Å². The molecule has 0 heterocycles. The predicted molar refractivity (Wildman–Crippen MR) is 80.0 cm³/mol. The Kier molecular flexibility index (Phi) is 14.9. The molecule has 0 saturated carbocycles. The molecule has 0 aromatic heterocycles. The highest BCUT2D eigenvalue weighted by molar-refractivity contribution is 14.0. The summed E-state index contributed by atoms with van der Waals surface area (Å²) < 4.78 is 4.82. The van der Waals surface area contributed by atoms with Crippen LogP contribution in [0.3, 0.4) is 0 Å². The number of carbonyl (C=O) groups is 1. The van der Waals surface area contributed by atoms with E-state index in [0.717, 1.165) is 13.0 Å². The summed E-state index contributed by atoms with van der Waals surface area (Å²) in [5, 5.41) is 8.70. The molecule has 0 aliphatic heterocycles. The Morgan fingerprint density at radius 3 is 2.47 bits per heavy atom.